The van der Waals surface area contributed by atoms with Crippen molar-refractivity contribution < 1.29 is 9.59 Å². The molecule has 0 aromatic rings. The topological polar surface area (TPSA) is 34.1 Å². The molecule has 0 saturated heterocycles. The summed E-state index contributed by atoms with van der Waals surface area (Å²) in [4.78, 5) is 23.1. The summed E-state index contributed by atoms with van der Waals surface area (Å²) in [6.45, 7) is 0. The molecule has 0 unspecified atom stereocenters. The van der Waals surface area contributed by atoms with E-state index in [4.69, 9.17) is 0 Å². The van der Waals surface area contributed by atoms with Crippen molar-refractivity contribution >= 4 is 64.1 Å². The summed E-state index contributed by atoms with van der Waals surface area (Å²) in [6.07, 6.45) is 3.16. The van der Waals surface area contributed by atoms with Gasteiger partial charge in [-0.15, -0.1) is 0 Å². The molecule has 0 fully saturated rings. The normalized spacial score (nSPS) is 16.7. The Kier molecular flexibility index (Phi) is 6.00. The van der Waals surface area contributed by atoms with Crippen LogP contribution in [-0.4, -0.2) is 64.1 Å². The fraction of sp³-hybridized carbons (Fsp3) is 0.250. The van der Waals surface area contributed by atoms with Gasteiger partial charge in [0.05, 0.1) is 0 Å². The van der Waals surface area contributed by atoms with Crippen molar-refractivity contribution in [1.29, 1.82) is 0 Å². The van der Waals surface area contributed by atoms with E-state index in [-0.39, 0.29) is 37.8 Å². The van der Waals surface area contributed by atoms with Crippen LogP contribution in [0, 0.1) is 0 Å². The number of hydrogen-bond donors (Lipinski definition) is 0. The number of hydrogen-bond acceptors (Lipinski definition) is 2. The molecule has 0 aromatic carbocycles. The maximum atomic E-state index is 11.6. The Morgan fingerprint density at radius 2 is 1.21 bits per heavy atom. The molecule has 0 atom stereocenters. The Morgan fingerprint density at radius 1 is 0.857 bits per heavy atom. The van der Waals surface area contributed by atoms with Gasteiger partial charge in [-0.05, 0) is 0 Å². The van der Waals surface area contributed by atoms with Crippen LogP contribution < -0.4 is 0 Å². The molecule has 0 spiro atoms. The SMILES string of the molecule is C[Se][Se]C1=CC(=O)C([Se][Se]C)=CC1=O. The maximum absolute atomic E-state index is 11.6. The third kappa shape index (κ3) is 3.48. The zero-order chi connectivity index (χ0) is 10.6. The van der Waals surface area contributed by atoms with E-state index in [0.717, 1.165) is 8.94 Å². The Labute approximate surface area is 105 Å². The van der Waals surface area contributed by atoms with Crippen LogP contribution in [0.2, 0.25) is 11.6 Å². The van der Waals surface area contributed by atoms with Crippen LogP contribution in [0.1, 0.15) is 0 Å². The van der Waals surface area contributed by atoms with Crippen molar-refractivity contribution in [3.63, 3.8) is 0 Å². The number of allylic oxidation sites excluding steroid dienone is 4. The molecule has 1 rings (SSSR count). The van der Waals surface area contributed by atoms with Crippen LogP contribution in [0.15, 0.2) is 21.1 Å². The quantitative estimate of drug-likeness (QED) is 0.432. The van der Waals surface area contributed by atoms with E-state index in [1.54, 1.807) is 12.2 Å². The fourth-order valence-corrected chi connectivity index (χ4v) is 9.58. The Bertz CT molecular complexity index is 287. The third-order valence-corrected chi connectivity index (χ3v) is 11.7. The van der Waals surface area contributed by atoms with Gasteiger partial charge < -0.3 is 0 Å². The van der Waals surface area contributed by atoms with Crippen LogP contribution in [0.5, 0.6) is 0 Å². The molecule has 0 aliphatic heterocycles. The number of carbonyl (C=O) groups is 2. The van der Waals surface area contributed by atoms with Crippen LogP contribution in [0.25, 0.3) is 0 Å². The number of carbonyl (C=O) groups excluding carboxylic acids is 2. The molecule has 0 amide bonds. The minimum absolute atomic E-state index is 0.0921. The van der Waals surface area contributed by atoms with E-state index >= 15 is 0 Å². The van der Waals surface area contributed by atoms with Gasteiger partial charge in [0.1, 0.15) is 0 Å². The Morgan fingerprint density at radius 3 is 1.50 bits per heavy atom. The van der Waals surface area contributed by atoms with Gasteiger partial charge in [-0.3, -0.25) is 0 Å². The first-order valence-electron chi connectivity index (χ1n) is 3.62. The van der Waals surface area contributed by atoms with Crippen molar-refractivity contribution in [1.82, 2.24) is 0 Å². The first kappa shape index (κ1) is 13.0. The van der Waals surface area contributed by atoms with Crippen molar-refractivity contribution in [2.24, 2.45) is 0 Å². The van der Waals surface area contributed by atoms with E-state index in [2.05, 4.69) is 11.6 Å². The Balaban J connectivity index is 2.79. The van der Waals surface area contributed by atoms with E-state index < -0.39 is 0 Å². The van der Waals surface area contributed by atoms with Crippen molar-refractivity contribution in [3.8, 4) is 0 Å². The molecular weight excluding hydrogens is 444 g/mol. The molecule has 0 N–H and O–H groups in total. The summed E-state index contributed by atoms with van der Waals surface area (Å²) < 4.78 is 1.54. The first-order valence-corrected chi connectivity index (χ1v) is 17.4. The molecule has 0 heterocycles. The molecule has 6 heteroatoms. The van der Waals surface area contributed by atoms with Gasteiger partial charge in [-0.1, -0.05) is 0 Å². The van der Waals surface area contributed by atoms with Crippen molar-refractivity contribution in [3.05, 3.63) is 21.1 Å². The summed E-state index contributed by atoms with van der Waals surface area (Å²) in [7, 11) is 0. The van der Waals surface area contributed by atoms with Crippen LogP contribution in [-0.2, 0) is 9.59 Å². The molecular formula is C8H8O2Se4. The molecule has 2 nitrogen and oxygen atoms in total. The van der Waals surface area contributed by atoms with Crippen LogP contribution in [0.4, 0.5) is 0 Å². The average Bonchev–Trinajstić information content (AvgIpc) is 2.14. The first-order chi connectivity index (χ1) is 6.69. The third-order valence-electron chi connectivity index (χ3n) is 1.36. The predicted molar refractivity (Wildman–Crippen MR) is 60.9 cm³/mol. The zero-order valence-corrected chi connectivity index (χ0v) is 14.5. The summed E-state index contributed by atoms with van der Waals surface area (Å²) in [5, 5.41) is 0. The second-order valence-corrected chi connectivity index (χ2v) is 17.1. The molecule has 76 valence electrons. The molecule has 0 aromatic heterocycles. The van der Waals surface area contributed by atoms with Crippen LogP contribution >= 0.6 is 0 Å². The van der Waals surface area contributed by atoms with Crippen molar-refractivity contribution in [2.45, 2.75) is 11.6 Å². The standard InChI is InChI=1S/C8H8O2Se4/c1-11-13-7-3-6(10)8(14-12-2)4-5(7)9/h3-4H,1-2H3. The monoisotopic (exact) mass is 456 g/mol. The molecule has 0 saturated carbocycles. The molecule has 1 aliphatic carbocycles. The second kappa shape index (κ2) is 6.47. The van der Waals surface area contributed by atoms with Gasteiger partial charge in [0, 0.05) is 0 Å². The minimum atomic E-state index is 0.0921. The molecule has 14 heavy (non-hydrogen) atoms. The average molecular weight is 452 g/mol. The fourth-order valence-electron chi connectivity index (χ4n) is 0.832. The van der Waals surface area contributed by atoms with E-state index in [1.807, 2.05) is 0 Å². The van der Waals surface area contributed by atoms with Gasteiger partial charge in [0.25, 0.3) is 0 Å². The summed E-state index contributed by atoms with van der Waals surface area (Å²) in [6, 6.07) is 0. The van der Waals surface area contributed by atoms with E-state index in [9.17, 15) is 9.59 Å². The van der Waals surface area contributed by atoms with Gasteiger partial charge in [-0.2, -0.15) is 0 Å². The second-order valence-electron chi connectivity index (χ2n) is 2.25. The van der Waals surface area contributed by atoms with Gasteiger partial charge in [-0.25, -0.2) is 0 Å². The van der Waals surface area contributed by atoms with Crippen molar-refractivity contribution in [2.75, 3.05) is 0 Å². The number of ketones is 2. The zero-order valence-electron chi connectivity index (χ0n) is 7.60. The van der Waals surface area contributed by atoms with E-state index in [1.165, 1.54) is 0 Å². The van der Waals surface area contributed by atoms with Crippen LogP contribution in [0.3, 0.4) is 0 Å². The Hall–Kier alpha value is 0.898. The molecule has 1 aliphatic rings. The summed E-state index contributed by atoms with van der Waals surface area (Å²) >= 11 is 1.46. The van der Waals surface area contributed by atoms with Gasteiger partial charge >= 0.3 is 106 Å². The molecule has 0 bridgehead atoms. The number of rotatable bonds is 4. The summed E-state index contributed by atoms with van der Waals surface area (Å²) in [5.74, 6) is 4.39. The predicted octanol–water partition coefficient (Wildman–Crippen LogP) is -0.351. The van der Waals surface area contributed by atoms with Gasteiger partial charge in [0.15, 0.2) is 0 Å². The molecule has 0 radical (unpaired) electrons. The van der Waals surface area contributed by atoms with Gasteiger partial charge in [0.2, 0.25) is 0 Å². The van der Waals surface area contributed by atoms with E-state index in [0.29, 0.717) is 26.3 Å². The summed E-state index contributed by atoms with van der Waals surface area (Å²) in [5.41, 5.74) is 0.